The highest BCUT2D eigenvalue weighted by Crippen LogP contribution is 2.30. The molecule has 1 fully saturated rings. The number of pyridine rings is 2. The van der Waals surface area contributed by atoms with Gasteiger partial charge < -0.3 is 19.7 Å². The fraction of sp³-hybridized carbons (Fsp3) is 0.212. The van der Waals surface area contributed by atoms with Crippen molar-refractivity contribution in [3.8, 4) is 22.6 Å². The zero-order chi connectivity index (χ0) is 31.1. The summed E-state index contributed by atoms with van der Waals surface area (Å²) in [6.45, 7) is 6.88. The molecule has 44 heavy (non-hydrogen) atoms. The van der Waals surface area contributed by atoms with Gasteiger partial charge in [0.15, 0.2) is 0 Å². The molecule has 1 saturated heterocycles. The molecule has 0 bridgehead atoms. The normalized spacial score (nSPS) is 13.6. The lowest BCUT2D eigenvalue weighted by atomic mass is 9.99. The van der Waals surface area contributed by atoms with Crippen LogP contribution in [-0.2, 0) is 13.7 Å². The third-order valence-corrected chi connectivity index (χ3v) is 7.70. The van der Waals surface area contributed by atoms with Gasteiger partial charge in [-0.05, 0) is 61.5 Å². The molecule has 10 nitrogen and oxygen atoms in total. The van der Waals surface area contributed by atoms with E-state index in [9.17, 15) is 14.7 Å². The highest BCUT2D eigenvalue weighted by molar-refractivity contribution is 5.85. The number of aliphatic hydroxyl groups is 1. The van der Waals surface area contributed by atoms with E-state index in [4.69, 9.17) is 4.74 Å². The Morgan fingerprint density at radius 1 is 1.11 bits per heavy atom. The number of aromatic nitrogens is 4. The number of allylic oxidation sites excluding steroid dienone is 1. The number of aliphatic hydroxyl groups excluding tert-OH is 1. The van der Waals surface area contributed by atoms with Crippen LogP contribution >= 0.6 is 0 Å². The molecule has 0 aliphatic carbocycles. The van der Waals surface area contributed by atoms with E-state index in [1.54, 1.807) is 68.8 Å². The first-order valence-electron chi connectivity index (χ1n) is 14.0. The summed E-state index contributed by atoms with van der Waals surface area (Å²) >= 11 is 0. The number of rotatable bonds is 8. The Kier molecular flexibility index (Phi) is 7.58. The van der Waals surface area contributed by atoms with Gasteiger partial charge in [0, 0.05) is 42.8 Å². The van der Waals surface area contributed by atoms with Gasteiger partial charge in [0.2, 0.25) is 0 Å². The van der Waals surface area contributed by atoms with Crippen LogP contribution in [0.25, 0.3) is 33.2 Å². The van der Waals surface area contributed by atoms with Gasteiger partial charge >= 0.3 is 0 Å². The number of aryl methyl sites for hydroxylation is 1. The molecule has 5 aromatic rings. The number of likely N-dealkylation sites (N-methyl/N-ethyl adjacent to an activating group) is 1. The monoisotopic (exact) mass is 594 g/mol. The number of nitrogens with one attached hydrogen (secondary N) is 1. The van der Waals surface area contributed by atoms with Crippen molar-refractivity contribution in [2.24, 2.45) is 7.05 Å². The highest BCUT2D eigenvalue weighted by Gasteiger charge is 2.25. The van der Waals surface area contributed by atoms with Crippen LogP contribution in [0.1, 0.15) is 18.1 Å². The van der Waals surface area contributed by atoms with Gasteiger partial charge in [0.1, 0.15) is 29.2 Å². The highest BCUT2D eigenvalue weighted by atomic mass is 19.1. The van der Waals surface area contributed by atoms with Crippen LogP contribution in [0.3, 0.4) is 0 Å². The average molecular weight is 595 g/mol. The van der Waals surface area contributed by atoms with Crippen molar-refractivity contribution < 1.29 is 14.2 Å². The Hall–Kier alpha value is -5.13. The minimum absolute atomic E-state index is 0.114. The zero-order valence-corrected chi connectivity index (χ0v) is 24.5. The molecule has 1 aliphatic rings. The van der Waals surface area contributed by atoms with Crippen LogP contribution in [-0.4, -0.2) is 55.6 Å². The molecular formula is C33H31FN6O4. The van der Waals surface area contributed by atoms with E-state index in [0.717, 1.165) is 17.8 Å². The molecule has 6 rings (SSSR count). The van der Waals surface area contributed by atoms with Gasteiger partial charge in [-0.1, -0.05) is 24.3 Å². The van der Waals surface area contributed by atoms with Crippen LogP contribution in [0.5, 0.6) is 5.75 Å². The largest absolute Gasteiger partial charge is 0.486 e. The van der Waals surface area contributed by atoms with Crippen LogP contribution in [0.2, 0.25) is 0 Å². The Bertz CT molecular complexity index is 2030. The Morgan fingerprint density at radius 2 is 1.91 bits per heavy atom. The Morgan fingerprint density at radius 3 is 2.59 bits per heavy atom. The lowest BCUT2D eigenvalue weighted by Crippen LogP contribution is -2.51. The maximum Gasteiger partial charge on any atom is 0.282 e. The van der Waals surface area contributed by atoms with E-state index in [0.29, 0.717) is 50.5 Å². The Labute approximate surface area is 252 Å². The van der Waals surface area contributed by atoms with Gasteiger partial charge in [0.05, 0.1) is 30.1 Å². The molecule has 0 unspecified atom stereocenters. The number of likely N-dealkylation sites (tertiary alicyclic amines) is 1. The molecule has 4 heterocycles. The van der Waals surface area contributed by atoms with Gasteiger partial charge in [-0.25, -0.2) is 9.37 Å². The lowest BCUT2D eigenvalue weighted by Gasteiger charge is -2.35. The third kappa shape index (κ3) is 5.38. The summed E-state index contributed by atoms with van der Waals surface area (Å²) in [4.78, 5) is 33.1. The number of halogens is 1. The summed E-state index contributed by atoms with van der Waals surface area (Å²) < 4.78 is 23.5. The first-order valence-corrected chi connectivity index (χ1v) is 14.0. The van der Waals surface area contributed by atoms with Crippen LogP contribution in [0.15, 0.2) is 83.3 Å². The number of benzene rings is 2. The summed E-state index contributed by atoms with van der Waals surface area (Å²) in [6, 6.07) is 13.3. The topological polar surface area (TPSA) is 115 Å². The predicted octanol–water partition coefficient (Wildman–Crippen LogP) is 4.25. The number of hydrogen-bond donors (Lipinski definition) is 2. The fourth-order valence-electron chi connectivity index (χ4n) is 5.38. The van der Waals surface area contributed by atoms with E-state index < -0.39 is 18.0 Å². The van der Waals surface area contributed by atoms with Crippen molar-refractivity contribution in [1.29, 1.82) is 0 Å². The molecule has 0 amide bonds. The second kappa shape index (κ2) is 11.5. The van der Waals surface area contributed by atoms with Gasteiger partial charge in [0.25, 0.3) is 11.1 Å². The minimum atomic E-state index is -0.680. The van der Waals surface area contributed by atoms with Crippen LogP contribution < -0.4 is 21.2 Å². The molecule has 0 atom stereocenters. The molecule has 1 aliphatic heterocycles. The summed E-state index contributed by atoms with van der Waals surface area (Å²) in [5, 5.41) is 18.1. The zero-order valence-electron chi connectivity index (χ0n) is 24.5. The van der Waals surface area contributed by atoms with Crippen LogP contribution in [0, 0.1) is 5.82 Å². The lowest BCUT2D eigenvalue weighted by molar-refractivity contribution is 0.0386. The summed E-state index contributed by atoms with van der Waals surface area (Å²) in [7, 11) is 3.65. The van der Waals surface area contributed by atoms with E-state index in [1.165, 1.54) is 16.8 Å². The molecule has 3 aromatic heterocycles. The quantitative estimate of drug-likeness (QED) is 0.274. The summed E-state index contributed by atoms with van der Waals surface area (Å²) in [5.41, 5.74) is 2.39. The summed E-state index contributed by atoms with van der Waals surface area (Å²) in [6.07, 6.45) is 4.80. The van der Waals surface area contributed by atoms with Crippen molar-refractivity contribution in [1.82, 2.24) is 24.2 Å². The van der Waals surface area contributed by atoms with Crippen molar-refractivity contribution >= 4 is 27.9 Å². The van der Waals surface area contributed by atoms with Crippen molar-refractivity contribution in [2.75, 3.05) is 25.5 Å². The predicted molar refractivity (Wildman–Crippen MR) is 168 cm³/mol. The van der Waals surface area contributed by atoms with Crippen molar-refractivity contribution in [3.63, 3.8) is 0 Å². The second-order valence-corrected chi connectivity index (χ2v) is 11.0. The Balaban J connectivity index is 1.36. The minimum Gasteiger partial charge on any atom is -0.486 e. The van der Waals surface area contributed by atoms with E-state index in [-0.39, 0.29) is 22.7 Å². The molecule has 2 N–H and O–H groups in total. The number of fused-ring (bicyclic) bond motifs is 1. The first kappa shape index (κ1) is 29.0. The first-order chi connectivity index (χ1) is 21.1. The maximum atomic E-state index is 15.1. The third-order valence-electron chi connectivity index (χ3n) is 7.70. The smallest absolute Gasteiger partial charge is 0.282 e. The van der Waals surface area contributed by atoms with E-state index >= 15 is 4.39 Å². The molecule has 0 saturated carbocycles. The van der Waals surface area contributed by atoms with Crippen molar-refractivity contribution in [2.45, 2.75) is 19.6 Å². The van der Waals surface area contributed by atoms with Gasteiger partial charge in [-0.2, -0.15) is 9.78 Å². The van der Waals surface area contributed by atoms with E-state index in [2.05, 4.69) is 26.9 Å². The standard InChI is InChI=1S/C33H31FN6O4/c1-19(2)20-10-21-13-36-40(33(43)31(21)27(34)11-20)29-7-5-6-25(26(29)18-41)22-12-28(32(42)39(4)15-22)37-30-9-8-23(14-35-30)44-24-16-38(3)17-24/h5-15,24,41H,1,16-18H2,2-4H3,(H,35,37). The number of ether oxygens (including phenoxy) is 1. The number of nitrogens with zero attached hydrogens (tertiary/aromatic N) is 5. The molecule has 224 valence electrons. The summed E-state index contributed by atoms with van der Waals surface area (Å²) in [5.74, 6) is 0.423. The fourth-order valence-corrected chi connectivity index (χ4v) is 5.38. The molecule has 0 spiro atoms. The average Bonchev–Trinajstić information content (AvgIpc) is 2.99. The molecular weight excluding hydrogens is 563 g/mol. The maximum absolute atomic E-state index is 15.1. The van der Waals surface area contributed by atoms with Gasteiger partial charge in [-0.15, -0.1) is 0 Å². The molecule has 0 radical (unpaired) electrons. The number of hydrogen-bond acceptors (Lipinski definition) is 8. The van der Waals surface area contributed by atoms with Crippen LogP contribution in [0.4, 0.5) is 15.9 Å². The SMILES string of the molecule is C=C(C)c1cc(F)c2c(=O)n(-c3cccc(-c4cc(Nc5ccc(OC6CN(C)C6)cn5)c(=O)n(C)c4)c3CO)ncc2c1. The molecule has 2 aromatic carbocycles. The van der Waals surface area contributed by atoms with Gasteiger partial charge in [-0.3, -0.25) is 14.5 Å². The van der Waals surface area contributed by atoms with Crippen molar-refractivity contribution in [3.05, 3.63) is 111 Å². The number of anilines is 2. The van der Waals surface area contributed by atoms with E-state index in [1.807, 2.05) is 7.05 Å². The second-order valence-electron chi connectivity index (χ2n) is 11.0. The molecule has 11 heteroatoms.